The fraction of sp³-hybridized carbons (Fsp3) is 0.389. The summed E-state index contributed by atoms with van der Waals surface area (Å²) in [6.07, 6.45) is 0.692. The van der Waals surface area contributed by atoms with Gasteiger partial charge in [0.25, 0.3) is 0 Å². The maximum Gasteiger partial charge on any atom is 0.325 e. The van der Waals surface area contributed by atoms with Crippen molar-refractivity contribution in [2.75, 3.05) is 38.2 Å². The molecule has 138 valence electrons. The Morgan fingerprint density at radius 3 is 2.88 bits per heavy atom. The second-order valence-electron chi connectivity index (χ2n) is 5.99. The van der Waals surface area contributed by atoms with E-state index in [9.17, 15) is 9.59 Å². The van der Waals surface area contributed by atoms with Crippen LogP contribution < -0.4 is 15.0 Å². The van der Waals surface area contributed by atoms with Crippen molar-refractivity contribution in [3.05, 3.63) is 40.3 Å². The Kier molecular flexibility index (Phi) is 5.72. The molecule has 3 rings (SSSR count). The number of methoxy groups -OCH3 is 1. The van der Waals surface area contributed by atoms with Gasteiger partial charge in [-0.15, -0.1) is 11.3 Å². The molecule has 0 aliphatic carbocycles. The lowest BCUT2D eigenvalue weighted by Gasteiger charge is -2.20. The summed E-state index contributed by atoms with van der Waals surface area (Å²) >= 11 is 1.60. The number of benzene rings is 1. The first-order valence-electron chi connectivity index (χ1n) is 8.45. The van der Waals surface area contributed by atoms with Crippen molar-refractivity contribution in [3.63, 3.8) is 0 Å². The zero-order valence-corrected chi connectivity index (χ0v) is 15.7. The number of carbonyl (C=O) groups is 2. The molecule has 2 aromatic rings. The lowest BCUT2D eigenvalue weighted by molar-refractivity contribution is -0.121. The molecule has 0 atom stereocenters. The van der Waals surface area contributed by atoms with E-state index in [1.54, 1.807) is 28.2 Å². The first-order chi connectivity index (χ1) is 12.6. The van der Waals surface area contributed by atoms with Crippen LogP contribution >= 0.6 is 11.3 Å². The van der Waals surface area contributed by atoms with Crippen LogP contribution in [0.15, 0.2) is 29.6 Å². The molecular weight excluding hydrogens is 352 g/mol. The van der Waals surface area contributed by atoms with E-state index in [1.807, 2.05) is 36.6 Å². The van der Waals surface area contributed by atoms with Crippen molar-refractivity contribution < 1.29 is 14.3 Å². The Morgan fingerprint density at radius 1 is 1.35 bits per heavy atom. The van der Waals surface area contributed by atoms with Gasteiger partial charge < -0.3 is 15.0 Å². The minimum atomic E-state index is -0.181. The summed E-state index contributed by atoms with van der Waals surface area (Å²) in [5.74, 6) is 0.484. The molecule has 1 N–H and O–H groups in total. The standard InChI is InChI=1S/C18H22N4O3S/c1-13-20-14(12-26-13)7-8-19-17(23)11-21-9-10-22(18(21)24)15-5-3-4-6-16(15)25-2/h3-6,12H,7-11H2,1-2H3,(H,19,23). The number of aromatic nitrogens is 1. The molecule has 1 aromatic heterocycles. The van der Waals surface area contributed by atoms with E-state index in [1.165, 1.54) is 0 Å². The van der Waals surface area contributed by atoms with E-state index in [2.05, 4.69) is 10.3 Å². The number of nitrogens with zero attached hydrogens (tertiary/aromatic N) is 3. The van der Waals surface area contributed by atoms with Gasteiger partial charge in [0, 0.05) is 31.4 Å². The predicted octanol–water partition coefficient (Wildman–Crippen LogP) is 2.06. The predicted molar refractivity (Wildman–Crippen MR) is 101 cm³/mol. The van der Waals surface area contributed by atoms with Crippen molar-refractivity contribution in [3.8, 4) is 5.75 Å². The van der Waals surface area contributed by atoms with Gasteiger partial charge in [0.05, 0.1) is 23.5 Å². The van der Waals surface area contributed by atoms with Crippen LogP contribution in [0.1, 0.15) is 10.7 Å². The highest BCUT2D eigenvalue weighted by atomic mass is 32.1. The molecule has 1 fully saturated rings. The number of anilines is 1. The average Bonchev–Trinajstić information content (AvgIpc) is 3.21. The summed E-state index contributed by atoms with van der Waals surface area (Å²) < 4.78 is 5.32. The van der Waals surface area contributed by atoms with Crippen molar-refractivity contribution in [2.24, 2.45) is 0 Å². The third-order valence-electron chi connectivity index (χ3n) is 4.18. The summed E-state index contributed by atoms with van der Waals surface area (Å²) in [6.45, 7) is 3.57. The highest BCUT2D eigenvalue weighted by molar-refractivity contribution is 7.09. The summed E-state index contributed by atoms with van der Waals surface area (Å²) in [7, 11) is 1.58. The van der Waals surface area contributed by atoms with Gasteiger partial charge in [0.15, 0.2) is 0 Å². The van der Waals surface area contributed by atoms with Crippen molar-refractivity contribution in [1.29, 1.82) is 0 Å². The van der Waals surface area contributed by atoms with Crippen LogP contribution in [0.2, 0.25) is 0 Å². The molecule has 1 saturated heterocycles. The normalized spacial score (nSPS) is 14.0. The van der Waals surface area contributed by atoms with E-state index in [4.69, 9.17) is 4.74 Å². The maximum atomic E-state index is 12.6. The van der Waals surface area contributed by atoms with Crippen LogP contribution in [-0.2, 0) is 11.2 Å². The lowest BCUT2D eigenvalue weighted by atomic mass is 10.2. The largest absolute Gasteiger partial charge is 0.495 e. The second-order valence-corrected chi connectivity index (χ2v) is 7.05. The minimum absolute atomic E-state index is 0.0561. The molecule has 7 nitrogen and oxygen atoms in total. The Morgan fingerprint density at radius 2 is 2.15 bits per heavy atom. The zero-order chi connectivity index (χ0) is 18.5. The smallest absolute Gasteiger partial charge is 0.325 e. The molecule has 1 aromatic carbocycles. The first kappa shape index (κ1) is 18.2. The van der Waals surface area contributed by atoms with Gasteiger partial charge in [-0.1, -0.05) is 12.1 Å². The molecular formula is C18H22N4O3S. The van der Waals surface area contributed by atoms with Crippen molar-refractivity contribution in [1.82, 2.24) is 15.2 Å². The van der Waals surface area contributed by atoms with Crippen LogP contribution in [0.25, 0.3) is 0 Å². The van der Waals surface area contributed by atoms with Crippen LogP contribution in [0.3, 0.4) is 0 Å². The molecule has 3 amide bonds. The summed E-state index contributed by atoms with van der Waals surface area (Å²) in [4.78, 5) is 32.3. The molecule has 2 heterocycles. The fourth-order valence-electron chi connectivity index (χ4n) is 2.89. The van der Waals surface area contributed by atoms with Gasteiger partial charge in [0.1, 0.15) is 12.3 Å². The Balaban J connectivity index is 1.51. The first-order valence-corrected chi connectivity index (χ1v) is 9.33. The summed E-state index contributed by atoms with van der Waals surface area (Å²) in [6, 6.07) is 7.20. The molecule has 0 radical (unpaired) electrons. The SMILES string of the molecule is COc1ccccc1N1CCN(CC(=O)NCCc2csc(C)n2)C1=O. The Hall–Kier alpha value is -2.61. The molecule has 8 heteroatoms. The number of carbonyl (C=O) groups excluding carboxylic acids is 2. The topological polar surface area (TPSA) is 74.8 Å². The molecule has 26 heavy (non-hydrogen) atoms. The van der Waals surface area contributed by atoms with Gasteiger partial charge in [-0.3, -0.25) is 9.69 Å². The third kappa shape index (κ3) is 4.13. The van der Waals surface area contributed by atoms with E-state index >= 15 is 0 Å². The zero-order valence-electron chi connectivity index (χ0n) is 14.9. The highest BCUT2D eigenvalue weighted by Gasteiger charge is 2.32. The molecule has 1 aliphatic rings. The van der Waals surface area contributed by atoms with Crippen LogP contribution in [0, 0.1) is 6.92 Å². The number of thiazole rings is 1. The molecule has 0 saturated carbocycles. The summed E-state index contributed by atoms with van der Waals surface area (Å²) in [5.41, 5.74) is 1.70. The number of rotatable bonds is 7. The number of hydrogen-bond donors (Lipinski definition) is 1. The Labute approximate surface area is 156 Å². The van der Waals surface area contributed by atoms with Gasteiger partial charge >= 0.3 is 6.03 Å². The monoisotopic (exact) mass is 374 g/mol. The van der Waals surface area contributed by atoms with Gasteiger partial charge in [-0.05, 0) is 19.1 Å². The van der Waals surface area contributed by atoms with Crippen LogP contribution in [-0.4, -0.2) is 55.1 Å². The molecule has 0 bridgehead atoms. The number of para-hydroxylation sites is 2. The molecule has 1 aliphatic heterocycles. The quantitative estimate of drug-likeness (QED) is 0.805. The van der Waals surface area contributed by atoms with E-state index in [0.29, 0.717) is 31.8 Å². The number of amides is 3. The van der Waals surface area contributed by atoms with Crippen LogP contribution in [0.4, 0.5) is 10.5 Å². The van der Waals surface area contributed by atoms with Crippen molar-refractivity contribution >= 4 is 29.0 Å². The van der Waals surface area contributed by atoms with Crippen LogP contribution in [0.5, 0.6) is 5.75 Å². The second kappa shape index (κ2) is 8.18. The third-order valence-corrected chi connectivity index (χ3v) is 5.00. The average molecular weight is 374 g/mol. The number of hydrogen-bond acceptors (Lipinski definition) is 5. The van der Waals surface area contributed by atoms with Gasteiger partial charge in [0.2, 0.25) is 5.91 Å². The molecule has 0 unspecified atom stereocenters. The molecule has 0 spiro atoms. The van der Waals surface area contributed by atoms with Gasteiger partial charge in [-0.25, -0.2) is 9.78 Å². The number of urea groups is 1. The summed E-state index contributed by atoms with van der Waals surface area (Å²) in [5, 5.41) is 5.87. The number of aryl methyl sites for hydroxylation is 1. The van der Waals surface area contributed by atoms with E-state index < -0.39 is 0 Å². The number of ether oxygens (including phenoxy) is 1. The van der Waals surface area contributed by atoms with E-state index in [-0.39, 0.29) is 18.5 Å². The Bertz CT molecular complexity index is 792. The minimum Gasteiger partial charge on any atom is -0.495 e. The van der Waals surface area contributed by atoms with Gasteiger partial charge in [-0.2, -0.15) is 0 Å². The van der Waals surface area contributed by atoms with Crippen molar-refractivity contribution in [2.45, 2.75) is 13.3 Å². The highest BCUT2D eigenvalue weighted by Crippen LogP contribution is 2.30. The fourth-order valence-corrected chi connectivity index (χ4v) is 3.54. The number of nitrogens with one attached hydrogen (secondary N) is 1. The lowest BCUT2D eigenvalue weighted by Crippen LogP contribution is -2.40. The maximum absolute atomic E-state index is 12.6. The van der Waals surface area contributed by atoms with E-state index in [0.717, 1.165) is 16.4 Å².